The van der Waals surface area contributed by atoms with E-state index in [1.54, 1.807) is 49.6 Å². The summed E-state index contributed by atoms with van der Waals surface area (Å²) >= 11 is 0. The number of hydrogen-bond acceptors (Lipinski definition) is 6. The van der Waals surface area contributed by atoms with E-state index in [0.717, 1.165) is 11.1 Å². The van der Waals surface area contributed by atoms with Gasteiger partial charge >= 0.3 is 0 Å². The summed E-state index contributed by atoms with van der Waals surface area (Å²) in [6.07, 6.45) is -0.124. The van der Waals surface area contributed by atoms with Crippen molar-refractivity contribution < 1.29 is 27.3 Å². The average Bonchev–Trinajstić information content (AvgIpc) is 3.41. The summed E-state index contributed by atoms with van der Waals surface area (Å²) in [5.74, 6) is 0.998. The van der Waals surface area contributed by atoms with Gasteiger partial charge in [0.25, 0.3) is 10.1 Å². The molecule has 8 nitrogen and oxygen atoms in total. The van der Waals surface area contributed by atoms with Crippen molar-refractivity contribution in [3.8, 4) is 17.1 Å². The average molecular weight is 585 g/mol. The molecule has 5 rings (SSSR count). The lowest BCUT2D eigenvalue weighted by Gasteiger charge is -2.18. The van der Waals surface area contributed by atoms with Gasteiger partial charge in [0.2, 0.25) is 0 Å². The third-order valence-corrected chi connectivity index (χ3v) is 7.45. The van der Waals surface area contributed by atoms with E-state index in [0.29, 0.717) is 33.7 Å². The van der Waals surface area contributed by atoms with Crippen molar-refractivity contribution in [3.63, 3.8) is 0 Å². The van der Waals surface area contributed by atoms with Gasteiger partial charge in [-0.2, -0.15) is 8.42 Å². The van der Waals surface area contributed by atoms with Gasteiger partial charge in [-0.25, -0.2) is 4.98 Å². The monoisotopic (exact) mass is 584 g/mol. The Bertz CT molecular complexity index is 1800. The highest BCUT2D eigenvalue weighted by atomic mass is 32.2. The molecule has 0 saturated heterocycles. The van der Waals surface area contributed by atoms with Crippen LogP contribution in [0.5, 0.6) is 5.75 Å². The van der Waals surface area contributed by atoms with Crippen LogP contribution in [0.25, 0.3) is 22.4 Å². The number of nitrogens with one attached hydrogen (secondary N) is 1. The minimum Gasteiger partial charge on any atom is -0.497 e. The van der Waals surface area contributed by atoms with Gasteiger partial charge in [0, 0.05) is 16.7 Å². The molecule has 0 fully saturated rings. The molecule has 4 aromatic carbocycles. The molecule has 5 aromatic rings. The van der Waals surface area contributed by atoms with Gasteiger partial charge in [-0.05, 0) is 53.4 Å². The number of nitrogens with zero attached hydrogens (tertiary/aromatic N) is 1. The van der Waals surface area contributed by atoms with E-state index in [1.807, 2.05) is 42.5 Å². The summed E-state index contributed by atoms with van der Waals surface area (Å²) in [4.78, 5) is 31.7. The van der Waals surface area contributed by atoms with Crippen molar-refractivity contribution in [2.45, 2.75) is 37.5 Å². The van der Waals surface area contributed by atoms with Crippen LogP contribution < -0.4 is 4.74 Å². The van der Waals surface area contributed by atoms with Crippen LogP contribution in [0.2, 0.25) is 0 Å². The molecule has 0 aliphatic carbocycles. The molecular formula is C33H32N2O6S. The van der Waals surface area contributed by atoms with Crippen LogP contribution in [0.15, 0.2) is 102 Å². The Morgan fingerprint density at radius 2 is 1.40 bits per heavy atom. The van der Waals surface area contributed by atoms with Crippen LogP contribution in [0, 0.1) is 0 Å². The number of aromatic nitrogens is 2. The summed E-state index contributed by atoms with van der Waals surface area (Å²) in [5.41, 5.74) is 4.41. The van der Waals surface area contributed by atoms with E-state index in [2.05, 4.69) is 30.7 Å². The lowest BCUT2D eigenvalue weighted by atomic mass is 9.86. The summed E-state index contributed by atoms with van der Waals surface area (Å²) in [5, 5.41) is 0. The van der Waals surface area contributed by atoms with E-state index in [4.69, 9.17) is 9.29 Å². The second kappa shape index (κ2) is 12.5. The van der Waals surface area contributed by atoms with Crippen LogP contribution in [-0.2, 0) is 15.5 Å². The predicted octanol–water partition coefficient (Wildman–Crippen LogP) is 6.93. The molecule has 42 heavy (non-hydrogen) atoms. The van der Waals surface area contributed by atoms with Crippen LogP contribution in [0.4, 0.5) is 0 Å². The molecule has 1 heterocycles. The maximum absolute atomic E-state index is 12.3. The minimum atomic E-state index is -4.20. The Kier molecular flexibility index (Phi) is 9.04. The summed E-state index contributed by atoms with van der Waals surface area (Å²) in [6.45, 7) is 6.37. The first-order chi connectivity index (χ1) is 19.8. The Labute approximate surface area is 245 Å². The fourth-order valence-electron chi connectivity index (χ4n) is 4.16. The molecule has 1 aromatic heterocycles. The zero-order valence-electron chi connectivity index (χ0n) is 23.8. The third kappa shape index (κ3) is 7.57. The molecule has 216 valence electrons. The largest absolute Gasteiger partial charge is 0.497 e. The molecule has 0 spiro atoms. The number of ketones is 2. The number of aromatic amines is 1. The highest BCUT2D eigenvalue weighted by Gasteiger charge is 2.17. The van der Waals surface area contributed by atoms with Crippen LogP contribution >= 0.6 is 0 Å². The minimum absolute atomic E-state index is 0.0422. The second-order valence-corrected chi connectivity index (χ2v) is 12.1. The number of carbonyl (C=O) groups is 2. The van der Waals surface area contributed by atoms with Gasteiger partial charge < -0.3 is 9.72 Å². The van der Waals surface area contributed by atoms with Crippen LogP contribution in [0.3, 0.4) is 0 Å². The van der Waals surface area contributed by atoms with E-state index < -0.39 is 10.1 Å². The Morgan fingerprint density at radius 3 is 1.93 bits per heavy atom. The fourth-order valence-corrected chi connectivity index (χ4v) is 4.67. The topological polar surface area (TPSA) is 126 Å². The van der Waals surface area contributed by atoms with Gasteiger partial charge in [-0.1, -0.05) is 75.4 Å². The zero-order valence-corrected chi connectivity index (χ0v) is 24.6. The maximum atomic E-state index is 12.3. The Hall–Kier alpha value is -4.60. The van der Waals surface area contributed by atoms with Crippen molar-refractivity contribution in [2.24, 2.45) is 0 Å². The normalized spacial score (nSPS) is 11.5. The smallest absolute Gasteiger partial charge is 0.294 e. The maximum Gasteiger partial charge on any atom is 0.294 e. The molecule has 0 aliphatic heterocycles. The fraction of sp³-hybridized carbons (Fsp3) is 0.182. The van der Waals surface area contributed by atoms with Crippen molar-refractivity contribution in [1.29, 1.82) is 0 Å². The first-order valence-corrected chi connectivity index (χ1v) is 14.6. The van der Waals surface area contributed by atoms with Gasteiger partial charge in [0.1, 0.15) is 11.6 Å². The highest BCUT2D eigenvalue weighted by Crippen LogP contribution is 2.24. The standard InChI is InChI=1S/C20H22O3.C13H10N2O3S/c1-20(2,3)16-9-5-14(6-10-16)18(21)13-19(22)15-7-11-17(23-4)12-8-15;16-19(17,18)10-6-7-11-12(8-10)15-13(14-11)9-4-2-1-3-5-9/h5-12H,13H2,1-4H3;1-8H,(H,14,15)(H,16,17,18). The number of fused-ring (bicyclic) bond motifs is 1. The van der Waals surface area contributed by atoms with E-state index >= 15 is 0 Å². The lowest BCUT2D eigenvalue weighted by Crippen LogP contribution is -2.12. The molecule has 0 unspecified atom stereocenters. The van der Waals surface area contributed by atoms with Crippen molar-refractivity contribution in [1.82, 2.24) is 9.97 Å². The van der Waals surface area contributed by atoms with Gasteiger partial charge in [0.05, 0.1) is 29.5 Å². The molecule has 9 heteroatoms. The van der Waals surface area contributed by atoms with Gasteiger partial charge in [0.15, 0.2) is 11.6 Å². The van der Waals surface area contributed by atoms with E-state index in [9.17, 15) is 18.0 Å². The van der Waals surface area contributed by atoms with Crippen molar-refractivity contribution in [2.75, 3.05) is 7.11 Å². The number of rotatable bonds is 7. The van der Waals surface area contributed by atoms with Gasteiger partial charge in [-0.3, -0.25) is 14.1 Å². The van der Waals surface area contributed by atoms with Crippen molar-refractivity contribution in [3.05, 3.63) is 114 Å². The first-order valence-electron chi connectivity index (χ1n) is 13.2. The number of imidazole rings is 1. The first kappa shape index (κ1) is 30.4. The second-order valence-electron chi connectivity index (χ2n) is 10.7. The number of carbonyl (C=O) groups excluding carboxylic acids is 2. The number of ether oxygens (including phenoxy) is 1. The molecule has 0 saturated carbocycles. The summed E-state index contributed by atoms with van der Waals surface area (Å²) < 4.78 is 36.2. The molecule has 0 amide bonds. The van der Waals surface area contributed by atoms with E-state index in [-0.39, 0.29) is 28.3 Å². The lowest BCUT2D eigenvalue weighted by molar-refractivity contribution is 0.0894. The highest BCUT2D eigenvalue weighted by molar-refractivity contribution is 7.85. The molecule has 2 N–H and O–H groups in total. The third-order valence-electron chi connectivity index (χ3n) is 6.60. The van der Waals surface area contributed by atoms with Crippen LogP contribution in [-0.4, -0.2) is 41.6 Å². The molecule has 0 atom stereocenters. The molecule has 0 bridgehead atoms. The summed E-state index contributed by atoms with van der Waals surface area (Å²) in [7, 11) is -2.63. The van der Waals surface area contributed by atoms with Crippen LogP contribution in [0.1, 0.15) is 53.5 Å². The zero-order chi connectivity index (χ0) is 30.5. The molecular weight excluding hydrogens is 552 g/mol. The molecule has 0 radical (unpaired) electrons. The van der Waals surface area contributed by atoms with E-state index in [1.165, 1.54) is 12.1 Å². The molecule has 0 aliphatic rings. The number of benzene rings is 4. The number of H-pyrrole nitrogens is 1. The predicted molar refractivity (Wildman–Crippen MR) is 163 cm³/mol. The van der Waals surface area contributed by atoms with Gasteiger partial charge in [-0.15, -0.1) is 0 Å². The Balaban J connectivity index is 0.000000196. The summed E-state index contributed by atoms with van der Waals surface area (Å²) in [6, 6.07) is 28.0. The Morgan fingerprint density at radius 1 is 0.833 bits per heavy atom. The number of hydrogen-bond donors (Lipinski definition) is 2. The van der Waals surface area contributed by atoms with Crippen molar-refractivity contribution >= 4 is 32.7 Å². The number of Topliss-reactive ketones (excluding diaryl/α,β-unsaturated/α-hetero) is 2. The SMILES string of the molecule is COc1ccc(C(=O)CC(=O)c2ccc(C(C)(C)C)cc2)cc1.O=S(=O)(O)c1ccc2nc(-c3ccccc3)[nH]c2c1. The quantitative estimate of drug-likeness (QED) is 0.121. The number of methoxy groups -OCH3 is 1.